The van der Waals surface area contributed by atoms with Gasteiger partial charge >= 0.3 is 5.97 Å². The Morgan fingerprint density at radius 2 is 1.83 bits per heavy atom. The molecule has 0 aliphatic rings. The molecule has 0 radical (unpaired) electrons. The molecule has 0 spiro atoms. The number of pyridine rings is 1. The van der Waals surface area contributed by atoms with Crippen molar-refractivity contribution in [3.8, 4) is 11.5 Å². The number of hydrogen-bond donors (Lipinski definition) is 2. The topological polar surface area (TPSA) is 70.6 Å². The maximum atomic E-state index is 10.6. The Morgan fingerprint density at radius 3 is 2.43 bits per heavy atom. The number of ether oxygens (including phenoxy) is 1. The predicted octanol–water partition coefficient (Wildman–Crippen LogP) is -0.663. The second kappa shape index (κ2) is 8.80. The number of benzene rings is 1. The van der Waals surface area contributed by atoms with E-state index < -0.39 is 5.97 Å². The highest BCUT2D eigenvalue weighted by atomic mass is 35.5. The van der Waals surface area contributed by atoms with Crippen molar-refractivity contribution in [3.05, 3.63) is 53.9 Å². The van der Waals surface area contributed by atoms with Crippen molar-refractivity contribution in [3.63, 3.8) is 0 Å². The zero-order valence-corrected chi connectivity index (χ0v) is 13.4. The van der Waals surface area contributed by atoms with Gasteiger partial charge in [-0.25, -0.2) is 4.79 Å². The van der Waals surface area contributed by atoms with Gasteiger partial charge in [0.1, 0.15) is 0 Å². The van der Waals surface area contributed by atoms with Crippen LogP contribution in [0.2, 0.25) is 0 Å². The highest BCUT2D eigenvalue weighted by Crippen LogP contribution is 2.27. The maximum absolute atomic E-state index is 10.6. The second-order valence-electron chi connectivity index (χ2n) is 4.69. The van der Waals surface area contributed by atoms with E-state index in [9.17, 15) is 9.90 Å². The molecule has 0 fully saturated rings. The molecule has 23 heavy (non-hydrogen) atoms. The summed E-state index contributed by atoms with van der Waals surface area (Å²) < 4.78 is 6.93. The Morgan fingerprint density at radius 1 is 1.17 bits per heavy atom. The van der Waals surface area contributed by atoms with Gasteiger partial charge in [0.05, 0.1) is 6.61 Å². The summed E-state index contributed by atoms with van der Waals surface area (Å²) in [6.45, 7) is 2.29. The van der Waals surface area contributed by atoms with Crippen LogP contribution in [-0.4, -0.2) is 22.8 Å². The molecular weight excluding hydrogens is 318 g/mol. The van der Waals surface area contributed by atoms with Crippen molar-refractivity contribution >= 4 is 18.1 Å². The summed E-state index contributed by atoms with van der Waals surface area (Å²) in [5.74, 6) is -0.300. The summed E-state index contributed by atoms with van der Waals surface area (Å²) in [6, 6.07) is 8.83. The fourth-order valence-electron chi connectivity index (χ4n) is 1.94. The number of aliphatic carboxylic acids is 1. The number of carbonyl (C=O) groups is 1. The lowest BCUT2D eigenvalue weighted by Crippen LogP contribution is -3.00. The van der Waals surface area contributed by atoms with E-state index in [1.165, 1.54) is 0 Å². The van der Waals surface area contributed by atoms with Gasteiger partial charge in [-0.05, 0) is 30.2 Å². The smallest absolute Gasteiger partial charge is 0.370 e. The van der Waals surface area contributed by atoms with Crippen LogP contribution in [-0.2, 0) is 11.3 Å². The third kappa shape index (κ3) is 5.64. The molecule has 5 nitrogen and oxygen atoms in total. The molecule has 0 unspecified atom stereocenters. The minimum Gasteiger partial charge on any atom is -1.00 e. The first-order valence-corrected chi connectivity index (χ1v) is 6.93. The maximum Gasteiger partial charge on any atom is 0.370 e. The van der Waals surface area contributed by atoms with E-state index in [2.05, 4.69) is 0 Å². The first-order chi connectivity index (χ1) is 10.6. The Labute approximate surface area is 140 Å². The standard InChI is InChI=1S/C17H17NO4.ClH/c1-2-22-16-11-14(5-6-15(16)19)4-3-13-7-9-18(10-8-13)12-17(20)21;/h3-11H,2,12H2,1H3,(H,20,21);1H. The van der Waals surface area contributed by atoms with Gasteiger partial charge in [0.2, 0.25) is 6.54 Å². The average molecular weight is 336 g/mol. The van der Waals surface area contributed by atoms with Crippen molar-refractivity contribution in [2.24, 2.45) is 0 Å². The predicted molar refractivity (Wildman–Crippen MR) is 82.5 cm³/mol. The van der Waals surface area contributed by atoms with Crippen molar-refractivity contribution in [2.75, 3.05) is 6.61 Å². The number of nitrogens with zero attached hydrogens (tertiary/aromatic N) is 1. The Balaban J connectivity index is 0.00000264. The van der Waals surface area contributed by atoms with Crippen LogP contribution < -0.4 is 21.7 Å². The van der Waals surface area contributed by atoms with Crippen LogP contribution in [0.4, 0.5) is 0 Å². The molecule has 0 bridgehead atoms. The van der Waals surface area contributed by atoms with E-state index in [-0.39, 0.29) is 24.7 Å². The number of carboxylic acids is 1. The molecule has 0 amide bonds. The van der Waals surface area contributed by atoms with Crippen LogP contribution in [0.3, 0.4) is 0 Å². The lowest BCUT2D eigenvalue weighted by molar-refractivity contribution is -0.685. The minimum atomic E-state index is -0.874. The molecule has 1 aromatic heterocycles. The number of hydrogen-bond acceptors (Lipinski definition) is 3. The van der Waals surface area contributed by atoms with Gasteiger partial charge in [-0.2, -0.15) is 4.57 Å². The molecule has 122 valence electrons. The summed E-state index contributed by atoms with van der Waals surface area (Å²) in [5, 5.41) is 18.4. The quantitative estimate of drug-likeness (QED) is 0.688. The van der Waals surface area contributed by atoms with E-state index in [1.54, 1.807) is 35.2 Å². The lowest BCUT2D eigenvalue weighted by atomic mass is 10.1. The Bertz CT molecular complexity index is 683. The van der Waals surface area contributed by atoms with Crippen LogP contribution in [0.25, 0.3) is 12.2 Å². The van der Waals surface area contributed by atoms with Crippen molar-refractivity contribution in [1.29, 1.82) is 0 Å². The number of aromatic hydroxyl groups is 1. The van der Waals surface area contributed by atoms with Gasteiger partial charge in [0, 0.05) is 12.1 Å². The monoisotopic (exact) mass is 335 g/mol. The largest absolute Gasteiger partial charge is 1.00 e. The highest BCUT2D eigenvalue weighted by Gasteiger charge is 2.05. The summed E-state index contributed by atoms with van der Waals surface area (Å²) >= 11 is 0. The third-order valence-electron chi connectivity index (χ3n) is 2.99. The molecule has 2 N–H and O–H groups in total. The molecule has 0 saturated heterocycles. The third-order valence-corrected chi connectivity index (χ3v) is 2.99. The van der Waals surface area contributed by atoms with Crippen LogP contribution >= 0.6 is 0 Å². The van der Waals surface area contributed by atoms with Gasteiger partial charge in [0.15, 0.2) is 23.9 Å². The van der Waals surface area contributed by atoms with Crippen LogP contribution in [0.5, 0.6) is 11.5 Å². The molecular formula is C17H18ClNO4. The summed E-state index contributed by atoms with van der Waals surface area (Å²) in [6.07, 6.45) is 7.25. The first kappa shape index (κ1) is 18.5. The van der Waals surface area contributed by atoms with Crippen LogP contribution in [0, 0.1) is 0 Å². The zero-order valence-electron chi connectivity index (χ0n) is 12.6. The Hall–Kier alpha value is -2.53. The van der Waals surface area contributed by atoms with Crippen LogP contribution in [0.15, 0.2) is 42.7 Å². The van der Waals surface area contributed by atoms with Crippen LogP contribution in [0.1, 0.15) is 18.1 Å². The lowest BCUT2D eigenvalue weighted by Gasteiger charge is -2.06. The molecule has 0 aliphatic heterocycles. The van der Waals surface area contributed by atoms with Crippen molar-refractivity contribution in [2.45, 2.75) is 13.5 Å². The molecule has 0 saturated carbocycles. The van der Waals surface area contributed by atoms with Crippen molar-refractivity contribution < 1.29 is 36.7 Å². The van der Waals surface area contributed by atoms with E-state index in [0.717, 1.165) is 11.1 Å². The van der Waals surface area contributed by atoms with Gasteiger partial charge in [0.25, 0.3) is 0 Å². The first-order valence-electron chi connectivity index (χ1n) is 6.93. The number of rotatable bonds is 6. The van der Waals surface area contributed by atoms with E-state index in [4.69, 9.17) is 9.84 Å². The molecule has 6 heteroatoms. The van der Waals surface area contributed by atoms with Gasteiger partial charge in [-0.15, -0.1) is 0 Å². The van der Waals surface area contributed by atoms with Gasteiger partial charge in [-0.3, -0.25) is 0 Å². The summed E-state index contributed by atoms with van der Waals surface area (Å²) in [5.41, 5.74) is 1.86. The van der Waals surface area contributed by atoms with Gasteiger partial charge < -0.3 is 27.4 Å². The molecule has 2 aromatic rings. The SMILES string of the molecule is CCOc1cc(/C=C\c2cc[n+](CC(=O)O)cc2)ccc1O.[Cl-]. The Kier molecular flexibility index (Phi) is 7.09. The molecule has 0 aliphatic carbocycles. The zero-order chi connectivity index (χ0) is 15.9. The highest BCUT2D eigenvalue weighted by molar-refractivity contribution is 5.70. The number of phenols is 1. The number of halogens is 1. The number of carboxylic acid groups (broad SMARTS) is 1. The van der Waals surface area contributed by atoms with E-state index in [0.29, 0.717) is 12.4 Å². The molecule has 0 atom stereocenters. The van der Waals surface area contributed by atoms with Crippen molar-refractivity contribution in [1.82, 2.24) is 0 Å². The van der Waals surface area contributed by atoms with E-state index in [1.807, 2.05) is 31.2 Å². The second-order valence-corrected chi connectivity index (χ2v) is 4.69. The fourth-order valence-corrected chi connectivity index (χ4v) is 1.94. The average Bonchev–Trinajstić information content (AvgIpc) is 2.49. The number of aromatic nitrogens is 1. The van der Waals surface area contributed by atoms with Gasteiger partial charge in [-0.1, -0.05) is 18.2 Å². The summed E-state index contributed by atoms with van der Waals surface area (Å²) in [4.78, 5) is 10.6. The molecule has 2 rings (SSSR count). The summed E-state index contributed by atoms with van der Waals surface area (Å²) in [7, 11) is 0. The minimum absolute atomic E-state index is 0. The normalized spacial score (nSPS) is 10.3. The fraction of sp³-hybridized carbons (Fsp3) is 0.176. The van der Waals surface area contributed by atoms with E-state index >= 15 is 0 Å². The number of phenolic OH excluding ortho intramolecular Hbond substituents is 1. The molecule has 1 aromatic carbocycles. The molecule has 1 heterocycles.